The smallest absolute Gasteiger partial charge is 0.431 e. The molecule has 0 aliphatic heterocycles. The zero-order valence-electron chi connectivity index (χ0n) is 14.9. The Labute approximate surface area is 140 Å². The van der Waals surface area contributed by atoms with Gasteiger partial charge >= 0.3 is 6.16 Å². The summed E-state index contributed by atoms with van der Waals surface area (Å²) in [6.07, 6.45) is 17.4. The van der Waals surface area contributed by atoms with Gasteiger partial charge in [0.25, 0.3) is 0 Å². The lowest BCUT2D eigenvalue weighted by Gasteiger charge is -2.16. The van der Waals surface area contributed by atoms with E-state index in [2.05, 4.69) is 43.4 Å². The normalized spacial score (nSPS) is 30.1. The Balaban J connectivity index is 1.65. The van der Waals surface area contributed by atoms with Crippen LogP contribution in [-0.4, -0.2) is 17.9 Å². The Kier molecular flexibility index (Phi) is 5.72. The van der Waals surface area contributed by atoms with Crippen LogP contribution in [0.2, 0.25) is 0 Å². The van der Waals surface area contributed by atoms with Crippen LogP contribution in [0.25, 0.3) is 0 Å². The highest BCUT2D eigenvalue weighted by Crippen LogP contribution is 2.81. The number of carbonyl (C=O) groups is 1. The van der Waals surface area contributed by atoms with Crippen LogP contribution in [0.5, 0.6) is 0 Å². The Hall–Kier alpha value is -1.51. The Morgan fingerprint density at radius 3 is 2.26 bits per heavy atom. The van der Waals surface area contributed by atoms with Gasteiger partial charge in [0.1, 0.15) is 11.7 Å². The third kappa shape index (κ3) is 4.49. The van der Waals surface area contributed by atoms with Crippen molar-refractivity contribution in [3.63, 3.8) is 0 Å². The Bertz CT molecular complexity index is 493. The number of rotatable bonds is 9. The van der Waals surface area contributed by atoms with Gasteiger partial charge in [-0.1, -0.05) is 57.2 Å². The summed E-state index contributed by atoms with van der Waals surface area (Å²) in [5.41, 5.74) is -0.131. The molecule has 1 unspecified atom stereocenters. The minimum atomic E-state index is -0.512. The van der Waals surface area contributed by atoms with E-state index in [1.165, 1.54) is 0 Å². The van der Waals surface area contributed by atoms with Crippen molar-refractivity contribution in [2.24, 2.45) is 11.3 Å². The van der Waals surface area contributed by atoms with E-state index in [9.17, 15) is 4.79 Å². The number of fused-ring (bicyclic) bond motifs is 1. The van der Waals surface area contributed by atoms with Gasteiger partial charge in [-0.25, -0.2) is 4.79 Å². The summed E-state index contributed by atoms with van der Waals surface area (Å²) >= 11 is 0. The zero-order chi connectivity index (χ0) is 16.9. The third-order valence-electron chi connectivity index (χ3n) is 4.91. The summed E-state index contributed by atoms with van der Waals surface area (Å²) in [5.74, 6) is 0.307. The maximum atomic E-state index is 11.8. The maximum Gasteiger partial charge on any atom is 0.509 e. The largest absolute Gasteiger partial charge is 0.509 e. The minimum Gasteiger partial charge on any atom is -0.431 e. The summed E-state index contributed by atoms with van der Waals surface area (Å²) < 4.78 is 10.8. The summed E-state index contributed by atoms with van der Waals surface area (Å²) in [6.45, 7) is 8.10. The lowest BCUT2D eigenvalue weighted by atomic mass is 10.1. The van der Waals surface area contributed by atoms with E-state index in [0.717, 1.165) is 32.1 Å². The van der Waals surface area contributed by atoms with E-state index in [1.54, 1.807) is 0 Å². The molecular weight excluding hydrogens is 288 g/mol. The molecule has 2 aliphatic rings. The van der Waals surface area contributed by atoms with E-state index < -0.39 is 6.16 Å². The van der Waals surface area contributed by atoms with Crippen molar-refractivity contribution in [3.8, 4) is 0 Å². The fourth-order valence-corrected chi connectivity index (χ4v) is 2.70. The van der Waals surface area contributed by atoms with Crippen LogP contribution in [-0.2, 0) is 9.47 Å². The summed E-state index contributed by atoms with van der Waals surface area (Å²) in [6, 6.07) is 0. The van der Waals surface area contributed by atoms with Crippen LogP contribution in [0, 0.1) is 11.3 Å². The molecule has 2 fully saturated rings. The second-order valence-electron chi connectivity index (χ2n) is 7.15. The van der Waals surface area contributed by atoms with Crippen LogP contribution >= 0.6 is 0 Å². The molecule has 0 aromatic carbocycles. The first kappa shape index (κ1) is 17.8. The lowest BCUT2D eigenvalue weighted by Crippen LogP contribution is -2.22. The van der Waals surface area contributed by atoms with Gasteiger partial charge in [-0.2, -0.15) is 0 Å². The molecule has 0 saturated heterocycles. The quantitative estimate of drug-likeness (QED) is 0.411. The molecule has 2 rings (SSSR count). The van der Waals surface area contributed by atoms with Crippen LogP contribution in [0.1, 0.15) is 59.8 Å². The molecule has 0 bridgehead atoms. The summed E-state index contributed by atoms with van der Waals surface area (Å²) in [5, 5.41) is 0. The molecule has 2 aliphatic carbocycles. The van der Waals surface area contributed by atoms with Crippen molar-refractivity contribution in [1.82, 2.24) is 0 Å². The number of hydrogen-bond donors (Lipinski definition) is 0. The van der Waals surface area contributed by atoms with Crippen molar-refractivity contribution in [1.29, 1.82) is 0 Å². The number of ether oxygens (including phenoxy) is 2. The highest BCUT2D eigenvalue weighted by molar-refractivity contribution is 5.64. The first-order valence-electron chi connectivity index (χ1n) is 8.82. The van der Waals surface area contributed by atoms with Crippen LogP contribution < -0.4 is 0 Å². The molecule has 0 aromatic heterocycles. The molecule has 128 valence electrons. The van der Waals surface area contributed by atoms with Crippen molar-refractivity contribution < 1.29 is 14.3 Å². The van der Waals surface area contributed by atoms with Gasteiger partial charge < -0.3 is 9.47 Å². The second kappa shape index (κ2) is 7.37. The fraction of sp³-hybridized carbons (Fsp3) is 0.650. The third-order valence-corrected chi connectivity index (χ3v) is 4.91. The fourth-order valence-electron chi connectivity index (χ4n) is 2.70. The maximum absolute atomic E-state index is 11.8. The Morgan fingerprint density at radius 2 is 1.65 bits per heavy atom. The molecule has 0 spiro atoms. The van der Waals surface area contributed by atoms with Crippen LogP contribution in [0.15, 0.2) is 36.5 Å². The standard InChI is InChI=1S/C20H30O3/c1-5-6-7-8-9-10-11-12-13-19-14-20(19,15-19)23-18(21)22-17(4)16(2)3/h6-7,9-10,12-13,16-17H,5,8,11,14-15H2,1-4H3/b7-6-,10-9-,13-12-. The van der Waals surface area contributed by atoms with E-state index in [4.69, 9.17) is 9.47 Å². The van der Waals surface area contributed by atoms with Crippen molar-refractivity contribution in [2.45, 2.75) is 71.5 Å². The summed E-state index contributed by atoms with van der Waals surface area (Å²) in [7, 11) is 0. The van der Waals surface area contributed by atoms with Gasteiger partial charge in [-0.3, -0.25) is 0 Å². The van der Waals surface area contributed by atoms with Crippen LogP contribution in [0.3, 0.4) is 0 Å². The monoisotopic (exact) mass is 318 g/mol. The van der Waals surface area contributed by atoms with Gasteiger partial charge in [0.2, 0.25) is 0 Å². The van der Waals surface area contributed by atoms with E-state index in [0.29, 0.717) is 5.92 Å². The summed E-state index contributed by atoms with van der Waals surface area (Å²) in [4.78, 5) is 11.8. The predicted octanol–water partition coefficient (Wildman–Crippen LogP) is 5.58. The average molecular weight is 318 g/mol. The van der Waals surface area contributed by atoms with Gasteiger partial charge in [0.05, 0.1) is 0 Å². The molecule has 0 N–H and O–H groups in total. The zero-order valence-corrected chi connectivity index (χ0v) is 14.9. The van der Waals surface area contributed by atoms with Gasteiger partial charge in [-0.05, 0) is 32.1 Å². The van der Waals surface area contributed by atoms with Crippen molar-refractivity contribution in [2.75, 3.05) is 0 Å². The molecule has 0 aromatic rings. The van der Waals surface area contributed by atoms with E-state index >= 15 is 0 Å². The number of hydrogen-bond acceptors (Lipinski definition) is 3. The van der Waals surface area contributed by atoms with Crippen molar-refractivity contribution in [3.05, 3.63) is 36.5 Å². The molecule has 3 heteroatoms. The Morgan fingerprint density at radius 1 is 1.04 bits per heavy atom. The van der Waals surface area contributed by atoms with Crippen LogP contribution in [0.4, 0.5) is 4.79 Å². The SMILES string of the molecule is CC/C=C\C/C=C\C/C=C\C12CC1(OC(=O)OC(C)C(C)C)C2. The molecule has 0 amide bonds. The number of carbonyl (C=O) groups excluding carboxylic acids is 1. The molecule has 0 radical (unpaired) electrons. The number of allylic oxidation sites excluding steroid dienone is 5. The highest BCUT2D eigenvalue weighted by Gasteiger charge is 2.85. The minimum absolute atomic E-state index is 0.103. The predicted molar refractivity (Wildman–Crippen MR) is 93.2 cm³/mol. The lowest BCUT2D eigenvalue weighted by molar-refractivity contribution is -0.00202. The second-order valence-corrected chi connectivity index (χ2v) is 7.15. The molecule has 2 saturated carbocycles. The van der Waals surface area contributed by atoms with E-state index in [1.807, 2.05) is 20.8 Å². The molecular formula is C20H30O3. The molecule has 3 nitrogen and oxygen atoms in total. The van der Waals surface area contributed by atoms with Gasteiger partial charge in [0.15, 0.2) is 0 Å². The molecule has 23 heavy (non-hydrogen) atoms. The van der Waals surface area contributed by atoms with Gasteiger partial charge in [-0.15, -0.1) is 0 Å². The van der Waals surface area contributed by atoms with Crippen molar-refractivity contribution >= 4 is 6.16 Å². The molecule has 0 heterocycles. The van der Waals surface area contributed by atoms with E-state index in [-0.39, 0.29) is 17.1 Å². The first-order chi connectivity index (χ1) is 10.9. The average Bonchev–Trinajstić information content (AvgIpc) is 3.27. The van der Waals surface area contributed by atoms with Gasteiger partial charge in [0, 0.05) is 18.3 Å². The topological polar surface area (TPSA) is 35.5 Å². The molecule has 1 atom stereocenters. The highest BCUT2D eigenvalue weighted by atomic mass is 16.7. The first-order valence-corrected chi connectivity index (χ1v) is 8.82.